The van der Waals surface area contributed by atoms with Gasteiger partial charge in [0.2, 0.25) is 5.91 Å². The molecule has 0 unspecified atom stereocenters. The Morgan fingerprint density at radius 2 is 1.83 bits per heavy atom. The monoisotopic (exact) mass is 481 g/mol. The number of benzene rings is 3. The summed E-state index contributed by atoms with van der Waals surface area (Å²) in [6, 6.07) is 24.8. The van der Waals surface area contributed by atoms with Crippen LogP contribution in [0.4, 0.5) is 5.69 Å². The Labute approximate surface area is 206 Å². The quantitative estimate of drug-likeness (QED) is 0.309. The first kappa shape index (κ1) is 22.4. The summed E-state index contributed by atoms with van der Waals surface area (Å²) in [5, 5.41) is 12.3. The smallest absolute Gasteiger partial charge is 0.308 e. The van der Waals surface area contributed by atoms with E-state index >= 15 is 0 Å². The number of para-hydroxylation sites is 2. The van der Waals surface area contributed by atoms with Crippen molar-refractivity contribution in [1.82, 2.24) is 14.5 Å². The Morgan fingerprint density at radius 1 is 1.06 bits per heavy atom. The number of hydrogen-bond donors (Lipinski definition) is 1. The molecule has 3 aromatic carbocycles. The molecule has 0 aliphatic rings. The molecule has 0 atom stereocenters. The number of rotatable bonds is 7. The average Bonchev–Trinajstić information content (AvgIpc) is 3.49. The van der Waals surface area contributed by atoms with Crippen LogP contribution in [0.25, 0.3) is 28.3 Å². The fourth-order valence-electron chi connectivity index (χ4n) is 3.80. The van der Waals surface area contributed by atoms with E-state index in [1.54, 1.807) is 35.2 Å². The van der Waals surface area contributed by atoms with Crippen LogP contribution in [-0.2, 0) is 17.6 Å². The minimum atomic E-state index is -0.147. The minimum Gasteiger partial charge on any atom is -0.427 e. The molecule has 0 aliphatic carbocycles. The molecule has 0 aliphatic heterocycles. The van der Waals surface area contributed by atoms with Crippen LogP contribution in [0.1, 0.15) is 17.7 Å². The van der Waals surface area contributed by atoms with E-state index in [0.717, 1.165) is 22.2 Å². The molecule has 5 rings (SSSR count). The number of nitrogens with zero attached hydrogens (tertiary/aromatic N) is 4. The highest BCUT2D eigenvalue weighted by Gasteiger charge is 2.19. The van der Waals surface area contributed by atoms with Gasteiger partial charge in [0, 0.05) is 29.1 Å². The van der Waals surface area contributed by atoms with Crippen LogP contribution in [0.2, 0.25) is 5.02 Å². The molecule has 5 aromatic rings. The number of halogens is 1. The number of nitrogens with one attached hydrogen (secondary N) is 1. The van der Waals surface area contributed by atoms with Gasteiger partial charge in [-0.2, -0.15) is 10.2 Å². The van der Waals surface area contributed by atoms with Crippen LogP contribution in [0, 0.1) is 11.3 Å². The second-order valence-electron chi connectivity index (χ2n) is 7.96. The van der Waals surface area contributed by atoms with Crippen molar-refractivity contribution in [3.63, 3.8) is 0 Å². The van der Waals surface area contributed by atoms with Crippen molar-refractivity contribution in [3.05, 3.63) is 95.5 Å². The molecule has 2 aromatic heterocycles. The van der Waals surface area contributed by atoms with Gasteiger partial charge in [0.15, 0.2) is 0 Å². The zero-order chi connectivity index (χ0) is 24.2. The van der Waals surface area contributed by atoms with Gasteiger partial charge in [0.1, 0.15) is 17.8 Å². The third kappa shape index (κ3) is 4.93. The highest BCUT2D eigenvalue weighted by Crippen LogP contribution is 2.29. The lowest BCUT2D eigenvalue weighted by Gasteiger charge is -2.06. The van der Waals surface area contributed by atoms with E-state index in [9.17, 15) is 4.79 Å². The Bertz CT molecular complexity index is 1530. The van der Waals surface area contributed by atoms with E-state index < -0.39 is 0 Å². The molecule has 8 heteroatoms. The third-order valence-corrected chi connectivity index (χ3v) is 5.82. The zero-order valence-electron chi connectivity index (χ0n) is 18.6. The highest BCUT2D eigenvalue weighted by atomic mass is 35.5. The maximum absolute atomic E-state index is 12.6. The van der Waals surface area contributed by atoms with Crippen LogP contribution in [-0.4, -0.2) is 20.4 Å². The predicted octanol–water partition coefficient (Wildman–Crippen LogP) is 5.97. The summed E-state index contributed by atoms with van der Waals surface area (Å²) in [7, 11) is 0. The van der Waals surface area contributed by atoms with E-state index in [2.05, 4.69) is 16.4 Å². The minimum absolute atomic E-state index is 0.147. The lowest BCUT2D eigenvalue weighted by atomic mass is 10.1. The number of carbonyl (C=O) groups is 1. The largest absolute Gasteiger partial charge is 0.427 e. The van der Waals surface area contributed by atoms with Gasteiger partial charge in [-0.1, -0.05) is 48.0 Å². The first-order chi connectivity index (χ1) is 17.1. The maximum Gasteiger partial charge on any atom is 0.308 e. The molecular weight excluding hydrogens is 462 g/mol. The maximum atomic E-state index is 12.6. The summed E-state index contributed by atoms with van der Waals surface area (Å²) in [5.41, 5.74) is 4.79. The van der Waals surface area contributed by atoms with Crippen molar-refractivity contribution in [3.8, 4) is 23.3 Å². The number of imidazole rings is 1. The Kier molecular flexibility index (Phi) is 6.29. The van der Waals surface area contributed by atoms with E-state index in [0.29, 0.717) is 41.0 Å². The Morgan fingerprint density at radius 3 is 2.60 bits per heavy atom. The van der Waals surface area contributed by atoms with Crippen LogP contribution in [0.15, 0.2) is 83.5 Å². The van der Waals surface area contributed by atoms with E-state index in [4.69, 9.17) is 26.3 Å². The van der Waals surface area contributed by atoms with Crippen molar-refractivity contribution in [2.75, 3.05) is 5.32 Å². The van der Waals surface area contributed by atoms with Crippen LogP contribution in [0.5, 0.6) is 0 Å². The predicted molar refractivity (Wildman–Crippen MR) is 134 cm³/mol. The van der Waals surface area contributed by atoms with Crippen LogP contribution in [0.3, 0.4) is 0 Å². The number of aryl methyl sites for hydroxylation is 1. The summed E-state index contributed by atoms with van der Waals surface area (Å²) in [6.45, 7) is 0. The number of amides is 1. The number of fused-ring (bicyclic) bond motifs is 1. The summed E-state index contributed by atoms with van der Waals surface area (Å²) < 4.78 is 7.96. The summed E-state index contributed by atoms with van der Waals surface area (Å²) in [5.74, 6) is 0.450. The van der Waals surface area contributed by atoms with Gasteiger partial charge in [-0.15, -0.1) is 0 Å². The van der Waals surface area contributed by atoms with Gasteiger partial charge in [-0.25, -0.2) is 4.98 Å². The lowest BCUT2D eigenvalue weighted by molar-refractivity contribution is -0.116. The molecule has 0 saturated heterocycles. The Hall–Kier alpha value is -4.41. The fourth-order valence-corrected chi connectivity index (χ4v) is 3.93. The second kappa shape index (κ2) is 9.84. The van der Waals surface area contributed by atoms with Gasteiger partial charge in [0.05, 0.1) is 23.5 Å². The molecule has 35 heavy (non-hydrogen) atoms. The van der Waals surface area contributed by atoms with Gasteiger partial charge in [0.25, 0.3) is 0 Å². The first-order valence-corrected chi connectivity index (χ1v) is 11.4. The van der Waals surface area contributed by atoms with Crippen molar-refractivity contribution in [2.45, 2.75) is 19.3 Å². The van der Waals surface area contributed by atoms with Gasteiger partial charge < -0.3 is 9.73 Å². The van der Waals surface area contributed by atoms with Gasteiger partial charge in [-0.3, -0.25) is 9.36 Å². The molecule has 2 heterocycles. The molecule has 0 spiro atoms. The molecule has 1 N–H and O–H groups in total. The molecule has 0 fully saturated rings. The lowest BCUT2D eigenvalue weighted by Crippen LogP contribution is -2.12. The van der Waals surface area contributed by atoms with Crippen LogP contribution < -0.4 is 5.32 Å². The molecule has 1 amide bonds. The van der Waals surface area contributed by atoms with Crippen molar-refractivity contribution in [2.24, 2.45) is 0 Å². The number of oxazole rings is 1. The van der Waals surface area contributed by atoms with E-state index in [1.165, 1.54) is 0 Å². The van der Waals surface area contributed by atoms with Crippen molar-refractivity contribution >= 4 is 34.2 Å². The normalized spacial score (nSPS) is 10.9. The average molecular weight is 482 g/mol. The van der Waals surface area contributed by atoms with E-state index in [1.807, 2.05) is 48.5 Å². The molecule has 0 saturated carbocycles. The summed E-state index contributed by atoms with van der Waals surface area (Å²) in [4.78, 5) is 21.8. The van der Waals surface area contributed by atoms with E-state index in [-0.39, 0.29) is 12.3 Å². The number of carbonyl (C=O) groups excluding carboxylic acids is 1. The third-order valence-electron chi connectivity index (χ3n) is 5.56. The summed E-state index contributed by atoms with van der Waals surface area (Å²) in [6.07, 6.45) is 2.58. The van der Waals surface area contributed by atoms with Crippen molar-refractivity contribution < 1.29 is 9.21 Å². The molecule has 7 nitrogen and oxygen atoms in total. The number of nitriles is 1. The van der Waals surface area contributed by atoms with Crippen LogP contribution >= 0.6 is 11.6 Å². The molecule has 0 bridgehead atoms. The zero-order valence-corrected chi connectivity index (χ0v) is 19.4. The number of aromatic nitrogens is 3. The molecule has 172 valence electrons. The summed E-state index contributed by atoms with van der Waals surface area (Å²) >= 11 is 6.07. The van der Waals surface area contributed by atoms with Gasteiger partial charge in [-0.05, 0) is 42.0 Å². The highest BCUT2D eigenvalue weighted by molar-refractivity contribution is 6.30. The van der Waals surface area contributed by atoms with Crippen molar-refractivity contribution in [1.29, 1.82) is 5.26 Å². The molecule has 0 radical (unpaired) electrons. The standard InChI is InChI=1S/C27H20ClN5O2/c28-20-9-7-19(8-10-20)26-24(13-14-25(34)31-21-11-5-18(6-12-21)15-16-29)35-27(32-26)33-17-30-22-3-1-2-4-23(22)33/h1-12,17H,13-15H2,(H,31,34). The second-order valence-corrected chi connectivity index (χ2v) is 8.39. The Balaban J connectivity index is 1.39. The SMILES string of the molecule is N#CCc1ccc(NC(=O)CCc2oc(-n3cnc4ccccc43)nc2-c2ccc(Cl)cc2)cc1. The first-order valence-electron chi connectivity index (χ1n) is 11.0. The topological polar surface area (TPSA) is 96.7 Å². The fraction of sp³-hybridized carbons (Fsp3) is 0.111. The molecular formula is C27H20ClN5O2. The number of hydrogen-bond acceptors (Lipinski definition) is 5. The number of anilines is 1. The van der Waals surface area contributed by atoms with Gasteiger partial charge >= 0.3 is 6.01 Å².